The van der Waals surface area contributed by atoms with Crippen molar-refractivity contribution in [1.82, 2.24) is 10.2 Å². The second-order valence-electron chi connectivity index (χ2n) is 4.22. The van der Waals surface area contributed by atoms with E-state index in [1.807, 2.05) is 36.1 Å². The summed E-state index contributed by atoms with van der Waals surface area (Å²) in [6, 6.07) is 7.86. The van der Waals surface area contributed by atoms with Crippen molar-refractivity contribution in [2.45, 2.75) is 19.4 Å². The number of nitrogens with one attached hydrogen (secondary N) is 1. The molecule has 92 valence electrons. The first-order valence-corrected chi connectivity index (χ1v) is 6.36. The minimum absolute atomic E-state index is 0.106. The molecule has 3 nitrogen and oxygen atoms in total. The lowest BCUT2D eigenvalue weighted by molar-refractivity contribution is -0.134. The number of carbonyl (C=O) groups is 1. The summed E-state index contributed by atoms with van der Waals surface area (Å²) in [6.45, 7) is 4.33. The van der Waals surface area contributed by atoms with Crippen molar-refractivity contribution in [2.75, 3.05) is 19.6 Å². The van der Waals surface area contributed by atoms with Crippen molar-refractivity contribution in [2.24, 2.45) is 0 Å². The molecule has 1 aliphatic rings. The quantitative estimate of drug-likeness (QED) is 0.876. The smallest absolute Gasteiger partial charge is 0.222 e. The zero-order valence-electron chi connectivity index (χ0n) is 9.95. The number of nitrogens with zero attached hydrogens (tertiary/aromatic N) is 1. The van der Waals surface area contributed by atoms with Gasteiger partial charge in [-0.15, -0.1) is 0 Å². The van der Waals surface area contributed by atoms with Crippen LogP contribution in [-0.2, 0) is 4.79 Å². The standard InChI is InChI=1S/C13H17ClN2O/c1-2-13(17)16-7-6-15-9-12(16)10-4-3-5-11(14)8-10/h3-5,8,12,15H,2,6-7,9H2,1H3. The molecule has 1 saturated heterocycles. The van der Waals surface area contributed by atoms with Gasteiger partial charge in [0.2, 0.25) is 5.91 Å². The van der Waals surface area contributed by atoms with Crippen LogP contribution >= 0.6 is 11.6 Å². The fraction of sp³-hybridized carbons (Fsp3) is 0.462. The van der Waals surface area contributed by atoms with Gasteiger partial charge >= 0.3 is 0 Å². The van der Waals surface area contributed by atoms with E-state index in [9.17, 15) is 4.79 Å². The Bertz CT molecular complexity index is 408. The number of piperazine rings is 1. The van der Waals surface area contributed by atoms with Gasteiger partial charge < -0.3 is 10.2 Å². The minimum Gasteiger partial charge on any atom is -0.333 e. The topological polar surface area (TPSA) is 32.3 Å². The Hall–Kier alpha value is -1.06. The van der Waals surface area contributed by atoms with Gasteiger partial charge in [0, 0.05) is 31.1 Å². The molecule has 1 atom stereocenters. The molecular formula is C13H17ClN2O. The third kappa shape index (κ3) is 2.79. The molecule has 1 aliphatic heterocycles. The average Bonchev–Trinajstić information content (AvgIpc) is 2.38. The first-order valence-electron chi connectivity index (χ1n) is 5.98. The molecule has 0 bridgehead atoms. The van der Waals surface area contributed by atoms with Crippen molar-refractivity contribution < 1.29 is 4.79 Å². The van der Waals surface area contributed by atoms with Crippen LogP contribution in [0.5, 0.6) is 0 Å². The molecule has 2 rings (SSSR count). The molecule has 0 aliphatic carbocycles. The lowest BCUT2D eigenvalue weighted by atomic mass is 10.0. The summed E-state index contributed by atoms with van der Waals surface area (Å²) >= 11 is 6.00. The highest BCUT2D eigenvalue weighted by atomic mass is 35.5. The van der Waals surface area contributed by atoms with E-state index in [0.717, 1.165) is 30.2 Å². The minimum atomic E-state index is 0.106. The molecule has 1 amide bonds. The SMILES string of the molecule is CCC(=O)N1CCNCC1c1cccc(Cl)c1. The zero-order valence-corrected chi connectivity index (χ0v) is 10.7. The molecule has 1 aromatic carbocycles. The van der Waals surface area contributed by atoms with Crippen molar-refractivity contribution in [3.63, 3.8) is 0 Å². The molecule has 1 heterocycles. The second-order valence-corrected chi connectivity index (χ2v) is 4.65. The van der Waals surface area contributed by atoms with Crippen LogP contribution in [0.4, 0.5) is 0 Å². The van der Waals surface area contributed by atoms with Crippen LogP contribution in [0, 0.1) is 0 Å². The summed E-state index contributed by atoms with van der Waals surface area (Å²) in [5, 5.41) is 4.04. The van der Waals surface area contributed by atoms with E-state index in [0.29, 0.717) is 6.42 Å². The predicted molar refractivity (Wildman–Crippen MR) is 69.1 cm³/mol. The van der Waals surface area contributed by atoms with Gasteiger partial charge in [-0.2, -0.15) is 0 Å². The molecule has 17 heavy (non-hydrogen) atoms. The van der Waals surface area contributed by atoms with E-state index >= 15 is 0 Å². The molecule has 0 radical (unpaired) electrons. The number of hydrogen-bond acceptors (Lipinski definition) is 2. The Balaban J connectivity index is 2.24. The van der Waals surface area contributed by atoms with Gasteiger partial charge in [0.05, 0.1) is 6.04 Å². The van der Waals surface area contributed by atoms with Gasteiger partial charge in [-0.05, 0) is 17.7 Å². The van der Waals surface area contributed by atoms with Crippen molar-refractivity contribution >= 4 is 17.5 Å². The second kappa shape index (κ2) is 5.52. The van der Waals surface area contributed by atoms with E-state index in [4.69, 9.17) is 11.6 Å². The molecule has 0 spiro atoms. The van der Waals surface area contributed by atoms with Crippen LogP contribution in [0.15, 0.2) is 24.3 Å². The molecule has 0 saturated carbocycles. The maximum atomic E-state index is 11.9. The molecule has 1 aromatic rings. The highest BCUT2D eigenvalue weighted by Crippen LogP contribution is 2.25. The number of amides is 1. The predicted octanol–water partition coefficient (Wildman–Crippen LogP) is 2.22. The van der Waals surface area contributed by atoms with Gasteiger partial charge in [0.1, 0.15) is 0 Å². The lowest BCUT2D eigenvalue weighted by Gasteiger charge is -2.36. The summed E-state index contributed by atoms with van der Waals surface area (Å²) in [5.41, 5.74) is 1.10. The number of halogens is 1. The first kappa shape index (κ1) is 12.4. The first-order chi connectivity index (χ1) is 8.22. The average molecular weight is 253 g/mol. The van der Waals surface area contributed by atoms with Crippen LogP contribution in [-0.4, -0.2) is 30.4 Å². The van der Waals surface area contributed by atoms with Crippen LogP contribution in [0.1, 0.15) is 24.9 Å². The summed E-state index contributed by atoms with van der Waals surface area (Å²) in [7, 11) is 0. The van der Waals surface area contributed by atoms with Crippen LogP contribution in [0.3, 0.4) is 0 Å². The highest BCUT2D eigenvalue weighted by molar-refractivity contribution is 6.30. The Labute approximate surface area is 107 Å². The van der Waals surface area contributed by atoms with Crippen molar-refractivity contribution in [3.8, 4) is 0 Å². The number of carbonyl (C=O) groups excluding carboxylic acids is 1. The van der Waals surface area contributed by atoms with Crippen molar-refractivity contribution in [1.29, 1.82) is 0 Å². The van der Waals surface area contributed by atoms with Gasteiger partial charge in [-0.1, -0.05) is 30.7 Å². The van der Waals surface area contributed by atoms with E-state index in [1.54, 1.807) is 0 Å². The van der Waals surface area contributed by atoms with E-state index in [2.05, 4.69) is 5.32 Å². The number of rotatable bonds is 2. The number of hydrogen-bond donors (Lipinski definition) is 1. The number of benzene rings is 1. The molecular weight excluding hydrogens is 236 g/mol. The lowest BCUT2D eigenvalue weighted by Crippen LogP contribution is -2.48. The molecule has 4 heteroatoms. The summed E-state index contributed by atoms with van der Waals surface area (Å²) < 4.78 is 0. The van der Waals surface area contributed by atoms with E-state index in [1.165, 1.54) is 0 Å². The monoisotopic (exact) mass is 252 g/mol. The van der Waals surface area contributed by atoms with Crippen LogP contribution in [0.2, 0.25) is 5.02 Å². The Morgan fingerprint density at radius 2 is 2.41 bits per heavy atom. The maximum Gasteiger partial charge on any atom is 0.222 e. The van der Waals surface area contributed by atoms with E-state index in [-0.39, 0.29) is 11.9 Å². The molecule has 1 unspecified atom stereocenters. The van der Waals surface area contributed by atoms with Gasteiger partial charge in [-0.25, -0.2) is 0 Å². The molecule has 0 aromatic heterocycles. The van der Waals surface area contributed by atoms with Crippen LogP contribution in [0.25, 0.3) is 0 Å². The maximum absolute atomic E-state index is 11.9. The largest absolute Gasteiger partial charge is 0.333 e. The van der Waals surface area contributed by atoms with Crippen LogP contribution < -0.4 is 5.32 Å². The molecule has 1 fully saturated rings. The normalized spacial score (nSPS) is 20.4. The Morgan fingerprint density at radius 3 is 3.12 bits per heavy atom. The van der Waals surface area contributed by atoms with E-state index < -0.39 is 0 Å². The van der Waals surface area contributed by atoms with Gasteiger partial charge in [0.15, 0.2) is 0 Å². The van der Waals surface area contributed by atoms with Gasteiger partial charge in [-0.3, -0.25) is 4.79 Å². The van der Waals surface area contributed by atoms with Gasteiger partial charge in [0.25, 0.3) is 0 Å². The summed E-state index contributed by atoms with van der Waals surface area (Å²) in [6.07, 6.45) is 0.553. The third-order valence-electron chi connectivity index (χ3n) is 3.10. The summed E-state index contributed by atoms with van der Waals surface area (Å²) in [5.74, 6) is 0.205. The Morgan fingerprint density at radius 1 is 1.59 bits per heavy atom. The van der Waals surface area contributed by atoms with Crippen molar-refractivity contribution in [3.05, 3.63) is 34.9 Å². The highest BCUT2D eigenvalue weighted by Gasteiger charge is 2.26. The zero-order chi connectivity index (χ0) is 12.3. The fourth-order valence-corrected chi connectivity index (χ4v) is 2.42. The fourth-order valence-electron chi connectivity index (χ4n) is 2.22. The summed E-state index contributed by atoms with van der Waals surface area (Å²) in [4.78, 5) is 13.8. The third-order valence-corrected chi connectivity index (χ3v) is 3.33. The molecule has 1 N–H and O–H groups in total. The Kier molecular flexibility index (Phi) is 4.02.